The Kier molecular flexibility index (Phi) is 6.24. The van der Waals surface area contributed by atoms with E-state index in [0.29, 0.717) is 5.75 Å². The lowest BCUT2D eigenvalue weighted by Gasteiger charge is -2.14. The molecule has 0 spiro atoms. The van der Waals surface area contributed by atoms with Gasteiger partial charge < -0.3 is 10.4 Å². The van der Waals surface area contributed by atoms with Gasteiger partial charge in [0.15, 0.2) is 11.6 Å². The third-order valence-electron chi connectivity index (χ3n) is 2.50. The van der Waals surface area contributed by atoms with Crippen LogP contribution in [0.2, 0.25) is 0 Å². The maximum Gasteiger partial charge on any atom is 0.237 e. The van der Waals surface area contributed by atoms with Gasteiger partial charge in [-0.2, -0.15) is 0 Å². The highest BCUT2D eigenvalue weighted by Gasteiger charge is 2.15. The van der Waals surface area contributed by atoms with E-state index >= 15 is 0 Å². The molecule has 106 valence electrons. The van der Waals surface area contributed by atoms with Crippen LogP contribution in [-0.4, -0.2) is 28.6 Å². The molecule has 0 aromatic heterocycles. The van der Waals surface area contributed by atoms with Gasteiger partial charge in [0.2, 0.25) is 5.91 Å². The van der Waals surface area contributed by atoms with Crippen molar-refractivity contribution in [3.05, 3.63) is 29.8 Å². The van der Waals surface area contributed by atoms with Gasteiger partial charge in [-0.1, -0.05) is 6.92 Å². The summed E-state index contributed by atoms with van der Waals surface area (Å²) in [7, 11) is 0. The third kappa shape index (κ3) is 5.16. The van der Waals surface area contributed by atoms with Crippen molar-refractivity contribution in [1.29, 1.82) is 0 Å². The highest BCUT2D eigenvalue weighted by molar-refractivity contribution is 8.00. The average Bonchev–Trinajstić information content (AvgIpc) is 2.39. The summed E-state index contributed by atoms with van der Waals surface area (Å²) in [5.74, 6) is -1.45. The van der Waals surface area contributed by atoms with Crippen LogP contribution in [-0.2, 0) is 4.79 Å². The number of aliphatic hydroxyl groups is 1. The average molecular weight is 289 g/mol. The number of benzene rings is 1. The smallest absolute Gasteiger partial charge is 0.237 e. The first-order valence-corrected chi connectivity index (χ1v) is 6.97. The molecule has 2 atom stereocenters. The fraction of sp³-hybridized carbons (Fsp3) is 0.462. The number of nitrogens with one attached hydrogen (secondary N) is 1. The summed E-state index contributed by atoms with van der Waals surface area (Å²) in [5.41, 5.74) is 0.228. The molecular weight excluding hydrogens is 272 g/mol. The molecule has 6 heteroatoms. The van der Waals surface area contributed by atoms with Gasteiger partial charge in [0.1, 0.15) is 0 Å². The fourth-order valence-electron chi connectivity index (χ4n) is 1.25. The normalized spacial score (nSPS) is 13.9. The van der Waals surface area contributed by atoms with Crippen molar-refractivity contribution in [2.75, 3.05) is 17.7 Å². The molecule has 1 aromatic carbocycles. The Labute approximate surface area is 115 Å². The van der Waals surface area contributed by atoms with Crippen LogP contribution in [0.5, 0.6) is 0 Å². The van der Waals surface area contributed by atoms with Crippen molar-refractivity contribution in [3.8, 4) is 0 Å². The predicted octanol–water partition coefficient (Wildman–Crippen LogP) is 2.65. The number of aliphatic hydroxyl groups excluding tert-OH is 1. The molecule has 2 unspecified atom stereocenters. The van der Waals surface area contributed by atoms with Crippen molar-refractivity contribution < 1.29 is 18.7 Å². The molecule has 0 saturated heterocycles. The molecule has 1 amide bonds. The van der Waals surface area contributed by atoms with E-state index in [4.69, 9.17) is 5.11 Å². The Morgan fingerprint density at radius 3 is 2.63 bits per heavy atom. The van der Waals surface area contributed by atoms with Crippen molar-refractivity contribution in [2.24, 2.45) is 5.92 Å². The SMILES string of the molecule is CC(CO)CSC(C)C(=O)Nc1ccc(F)c(F)c1. The molecule has 0 aliphatic rings. The lowest BCUT2D eigenvalue weighted by atomic mass is 10.2. The zero-order valence-electron chi connectivity index (χ0n) is 10.8. The van der Waals surface area contributed by atoms with Gasteiger partial charge in [-0.25, -0.2) is 8.78 Å². The molecule has 1 rings (SSSR count). The predicted molar refractivity (Wildman–Crippen MR) is 73.2 cm³/mol. The standard InChI is InChI=1S/C13H17F2NO2S/c1-8(6-17)7-19-9(2)13(18)16-10-3-4-11(14)12(15)5-10/h3-5,8-9,17H,6-7H2,1-2H3,(H,16,18). The number of hydrogen-bond acceptors (Lipinski definition) is 3. The van der Waals surface area contributed by atoms with E-state index in [1.54, 1.807) is 6.92 Å². The summed E-state index contributed by atoms with van der Waals surface area (Å²) in [6, 6.07) is 3.22. The Balaban J connectivity index is 2.51. The van der Waals surface area contributed by atoms with Crippen LogP contribution in [0.4, 0.5) is 14.5 Å². The second-order valence-electron chi connectivity index (χ2n) is 4.38. The van der Waals surface area contributed by atoms with Crippen LogP contribution in [0.1, 0.15) is 13.8 Å². The van der Waals surface area contributed by atoms with Crippen molar-refractivity contribution in [2.45, 2.75) is 19.1 Å². The molecule has 2 N–H and O–H groups in total. The van der Waals surface area contributed by atoms with E-state index < -0.39 is 11.6 Å². The topological polar surface area (TPSA) is 49.3 Å². The van der Waals surface area contributed by atoms with Crippen LogP contribution < -0.4 is 5.32 Å². The van der Waals surface area contributed by atoms with E-state index in [2.05, 4.69) is 5.32 Å². The van der Waals surface area contributed by atoms with Crippen LogP contribution in [0.3, 0.4) is 0 Å². The summed E-state index contributed by atoms with van der Waals surface area (Å²) >= 11 is 1.40. The van der Waals surface area contributed by atoms with Gasteiger partial charge in [-0.15, -0.1) is 11.8 Å². The van der Waals surface area contributed by atoms with Crippen molar-refractivity contribution >= 4 is 23.4 Å². The molecule has 0 saturated carbocycles. The van der Waals surface area contributed by atoms with Gasteiger partial charge in [0.05, 0.1) is 5.25 Å². The third-order valence-corrected chi connectivity index (χ3v) is 3.97. The first-order valence-electron chi connectivity index (χ1n) is 5.92. The molecule has 0 aliphatic carbocycles. The fourth-order valence-corrected chi connectivity index (χ4v) is 2.19. The van der Waals surface area contributed by atoms with Gasteiger partial charge in [-0.3, -0.25) is 4.79 Å². The quantitative estimate of drug-likeness (QED) is 0.846. The van der Waals surface area contributed by atoms with E-state index in [0.717, 1.165) is 12.1 Å². The summed E-state index contributed by atoms with van der Waals surface area (Å²) < 4.78 is 25.7. The minimum Gasteiger partial charge on any atom is -0.396 e. The molecular formula is C13H17F2NO2S. The lowest BCUT2D eigenvalue weighted by molar-refractivity contribution is -0.115. The summed E-state index contributed by atoms with van der Waals surface area (Å²) in [5, 5.41) is 11.1. The number of hydrogen-bond donors (Lipinski definition) is 2. The summed E-state index contributed by atoms with van der Waals surface area (Å²) in [6.45, 7) is 3.68. The zero-order valence-corrected chi connectivity index (χ0v) is 11.6. The zero-order chi connectivity index (χ0) is 14.4. The van der Waals surface area contributed by atoms with Crippen LogP contribution in [0.15, 0.2) is 18.2 Å². The molecule has 0 fully saturated rings. The Hall–Kier alpha value is -1.14. The number of carbonyl (C=O) groups excluding carboxylic acids is 1. The number of rotatable bonds is 6. The Morgan fingerprint density at radius 2 is 2.05 bits per heavy atom. The Bertz CT molecular complexity index is 443. The first kappa shape index (κ1) is 15.9. The van der Waals surface area contributed by atoms with E-state index in [1.165, 1.54) is 17.8 Å². The molecule has 1 aromatic rings. The summed E-state index contributed by atoms with van der Waals surface area (Å²) in [4.78, 5) is 11.8. The van der Waals surface area contributed by atoms with Gasteiger partial charge >= 0.3 is 0 Å². The van der Waals surface area contributed by atoms with E-state index in [1.807, 2.05) is 6.92 Å². The van der Waals surface area contributed by atoms with Crippen LogP contribution >= 0.6 is 11.8 Å². The number of halogens is 2. The number of amides is 1. The molecule has 0 radical (unpaired) electrons. The van der Waals surface area contributed by atoms with Crippen molar-refractivity contribution in [3.63, 3.8) is 0 Å². The van der Waals surface area contributed by atoms with E-state index in [9.17, 15) is 13.6 Å². The lowest BCUT2D eigenvalue weighted by Crippen LogP contribution is -2.23. The van der Waals surface area contributed by atoms with Gasteiger partial charge in [-0.05, 0) is 30.7 Å². The molecule has 0 aliphatic heterocycles. The highest BCUT2D eigenvalue weighted by atomic mass is 32.2. The summed E-state index contributed by atoms with van der Waals surface area (Å²) in [6.07, 6.45) is 0. The molecule has 19 heavy (non-hydrogen) atoms. The van der Waals surface area contributed by atoms with Gasteiger partial charge in [0, 0.05) is 18.4 Å². The molecule has 3 nitrogen and oxygen atoms in total. The van der Waals surface area contributed by atoms with Gasteiger partial charge in [0.25, 0.3) is 0 Å². The van der Waals surface area contributed by atoms with Crippen LogP contribution in [0.25, 0.3) is 0 Å². The van der Waals surface area contributed by atoms with Crippen LogP contribution in [0, 0.1) is 17.6 Å². The first-order chi connectivity index (χ1) is 8.93. The number of carbonyl (C=O) groups is 1. The maximum absolute atomic E-state index is 13.0. The van der Waals surface area contributed by atoms with E-state index in [-0.39, 0.29) is 29.4 Å². The second-order valence-corrected chi connectivity index (χ2v) is 5.76. The minimum absolute atomic E-state index is 0.0739. The monoisotopic (exact) mass is 289 g/mol. The second kappa shape index (κ2) is 7.45. The highest BCUT2D eigenvalue weighted by Crippen LogP contribution is 2.18. The Morgan fingerprint density at radius 1 is 1.37 bits per heavy atom. The molecule has 0 heterocycles. The largest absolute Gasteiger partial charge is 0.396 e. The molecule has 0 bridgehead atoms. The number of thioether (sulfide) groups is 1. The maximum atomic E-state index is 13.0. The number of anilines is 1. The van der Waals surface area contributed by atoms with Crippen molar-refractivity contribution in [1.82, 2.24) is 0 Å². The minimum atomic E-state index is -0.994.